The van der Waals surface area contributed by atoms with E-state index in [9.17, 15) is 33.9 Å². The fourth-order valence-corrected chi connectivity index (χ4v) is 4.99. The summed E-state index contributed by atoms with van der Waals surface area (Å²) in [5.41, 5.74) is 49.7. The van der Waals surface area contributed by atoms with Crippen molar-refractivity contribution < 1.29 is 33.9 Å². The lowest BCUT2D eigenvalue weighted by molar-refractivity contribution is -0.136. The molecular weight excluding hydrogens is 827 g/mol. The molecule has 1 aromatic heterocycles. The van der Waals surface area contributed by atoms with Gasteiger partial charge in [0.2, 0.25) is 42.7 Å². The van der Waals surface area contributed by atoms with Crippen LogP contribution in [0, 0.1) is 0 Å². The summed E-state index contributed by atoms with van der Waals surface area (Å²) in [6.07, 6.45) is -3.91. The van der Waals surface area contributed by atoms with Crippen molar-refractivity contribution in [3.8, 4) is 0 Å². The molecular formula is C35H47N21O7. The molecule has 0 spiro atoms. The van der Waals surface area contributed by atoms with Gasteiger partial charge in [0.25, 0.3) is 29.5 Å². The molecule has 0 saturated carbocycles. The Morgan fingerprint density at radius 2 is 0.968 bits per heavy atom. The zero-order valence-corrected chi connectivity index (χ0v) is 33.1. The van der Waals surface area contributed by atoms with Crippen LogP contribution in [0.4, 0.5) is 5.95 Å². The first-order valence-corrected chi connectivity index (χ1v) is 18.0. The topological polar surface area (TPSA) is 495 Å². The number of primary amides is 1. The van der Waals surface area contributed by atoms with E-state index in [-0.39, 0.29) is 18.1 Å². The first kappa shape index (κ1) is 48.3. The van der Waals surface area contributed by atoms with Gasteiger partial charge >= 0.3 is 0 Å². The van der Waals surface area contributed by atoms with Crippen molar-refractivity contribution in [3.05, 3.63) is 96.3 Å². The first-order valence-electron chi connectivity index (χ1n) is 18.0. The molecule has 28 nitrogen and oxygen atoms in total. The summed E-state index contributed by atoms with van der Waals surface area (Å²) < 4.78 is 0. The average Bonchev–Trinajstić information content (AvgIpc) is 3.23. The number of guanidine groups is 4. The van der Waals surface area contributed by atoms with Gasteiger partial charge < -0.3 is 88.2 Å². The smallest absolute Gasteiger partial charge is 0.271 e. The van der Waals surface area contributed by atoms with E-state index in [0.29, 0.717) is 0 Å². The molecule has 28 heteroatoms. The summed E-state index contributed by atoms with van der Waals surface area (Å²) in [6.45, 7) is -0.0732. The summed E-state index contributed by atoms with van der Waals surface area (Å²) in [4.78, 5) is 104. The molecule has 0 aliphatic carbocycles. The van der Waals surface area contributed by atoms with Gasteiger partial charge in [-0.05, 0) is 17.2 Å². The third kappa shape index (κ3) is 15.9. The second kappa shape index (κ2) is 23.5. The molecule has 0 saturated heterocycles. The lowest BCUT2D eigenvalue weighted by atomic mass is 10.1. The monoisotopic (exact) mass is 873 g/mol. The van der Waals surface area contributed by atoms with Gasteiger partial charge in [0.15, 0.2) is 23.8 Å². The lowest BCUT2D eigenvalue weighted by Crippen LogP contribution is -2.58. The second-order valence-corrected chi connectivity index (χ2v) is 12.5. The number of nitrogens with one attached hydrogen (secondary N) is 5. The molecule has 24 N–H and O–H groups in total. The number of aliphatic imine (C=N–C) groups is 4. The minimum atomic E-state index is -2.13. The van der Waals surface area contributed by atoms with E-state index in [1.807, 2.05) is 41.0 Å². The Balaban J connectivity index is 1.90. The van der Waals surface area contributed by atoms with Crippen LogP contribution < -0.4 is 83.1 Å². The number of aliphatic hydroxyl groups excluding tert-OH is 1. The molecule has 63 heavy (non-hydrogen) atoms. The summed E-state index contributed by atoms with van der Waals surface area (Å²) in [5.74, 6) is -10.4. The van der Waals surface area contributed by atoms with Crippen molar-refractivity contribution in [1.29, 1.82) is 0 Å². The summed E-state index contributed by atoms with van der Waals surface area (Å²) in [7, 11) is 0. The van der Waals surface area contributed by atoms with Gasteiger partial charge in [0.05, 0.1) is 0 Å². The summed E-state index contributed by atoms with van der Waals surface area (Å²) in [5, 5.41) is 22.2. The van der Waals surface area contributed by atoms with Crippen molar-refractivity contribution in [3.63, 3.8) is 0 Å². The molecule has 334 valence electrons. The molecule has 0 bridgehead atoms. The minimum Gasteiger partial charge on any atom is -0.370 e. The number of amides is 6. The highest BCUT2D eigenvalue weighted by atomic mass is 16.3. The van der Waals surface area contributed by atoms with Gasteiger partial charge in [-0.25, -0.2) is 29.9 Å². The van der Waals surface area contributed by atoms with Crippen LogP contribution >= 0.6 is 0 Å². The lowest BCUT2D eigenvalue weighted by Gasteiger charge is -2.28. The van der Waals surface area contributed by atoms with E-state index in [0.717, 1.165) is 10.5 Å². The fraction of sp³-hybridized carbons (Fsp3) is 0.200. The number of benzene rings is 2. The maximum Gasteiger partial charge on any atom is 0.271 e. The Kier molecular flexibility index (Phi) is 18.0. The Labute approximate surface area is 357 Å². The minimum absolute atomic E-state index is 0.0338. The van der Waals surface area contributed by atoms with Crippen LogP contribution in [-0.2, 0) is 28.8 Å². The standard InChI is InChI=1S/C35H47N21O7/c36-20(57)21(52-31(37)38)48-26(59)23(54-33(41)42)50-28(61)24(55-34(43)44)51-27(60)22(53-32(39)40)49-25(58)19(18-12-5-2-6-13-18)47-29(62)30(63)56(35-45-14-8-15-46-35)16-7-11-17-9-3-1-4-10-17/h1-15,19,21-24,30,63H,16H2,(H2,36,57)(H,47,62)(H,48,59)(H,49,58)(H,50,61)(H,51,60)(H4,37,38,52)(H4,39,40,53)(H4,41,42,54)(H4,43,44,55). The maximum atomic E-state index is 14.0. The Bertz CT molecular complexity index is 2210. The number of carbonyl (C=O) groups excluding carboxylic acids is 6. The molecule has 3 rings (SSSR count). The van der Waals surface area contributed by atoms with Gasteiger partial charge in [0.1, 0.15) is 6.04 Å². The van der Waals surface area contributed by atoms with Gasteiger partial charge in [-0.2, -0.15) is 0 Å². The molecule has 1 heterocycles. The highest BCUT2D eigenvalue weighted by Gasteiger charge is 2.34. The predicted molar refractivity (Wildman–Crippen MR) is 228 cm³/mol. The summed E-state index contributed by atoms with van der Waals surface area (Å²) in [6, 6.07) is 16.7. The number of rotatable bonds is 21. The van der Waals surface area contributed by atoms with Crippen LogP contribution in [0.1, 0.15) is 17.2 Å². The fourth-order valence-electron chi connectivity index (χ4n) is 4.99. The molecule has 0 fully saturated rings. The van der Waals surface area contributed by atoms with Crippen molar-refractivity contribution in [2.24, 2.45) is 71.6 Å². The van der Waals surface area contributed by atoms with Gasteiger partial charge in [0, 0.05) is 18.9 Å². The number of carbonyl (C=O) groups is 6. The molecule has 6 unspecified atom stereocenters. The molecule has 2 aromatic carbocycles. The largest absolute Gasteiger partial charge is 0.370 e. The van der Waals surface area contributed by atoms with E-state index in [2.05, 4.69) is 45.9 Å². The van der Waals surface area contributed by atoms with E-state index in [1.165, 1.54) is 30.6 Å². The van der Waals surface area contributed by atoms with Crippen LogP contribution in [0.2, 0.25) is 0 Å². The Hall–Kier alpha value is -9.08. The molecule has 6 amide bonds. The van der Waals surface area contributed by atoms with Crippen molar-refractivity contribution in [2.45, 2.75) is 36.9 Å². The number of aliphatic hydroxyl groups is 1. The third-order valence-corrected chi connectivity index (χ3v) is 7.68. The highest BCUT2D eigenvalue weighted by molar-refractivity contribution is 5.99. The van der Waals surface area contributed by atoms with Crippen LogP contribution in [0.25, 0.3) is 6.08 Å². The van der Waals surface area contributed by atoms with Crippen LogP contribution in [0.15, 0.2) is 105 Å². The Morgan fingerprint density at radius 3 is 1.41 bits per heavy atom. The second-order valence-electron chi connectivity index (χ2n) is 12.5. The van der Waals surface area contributed by atoms with E-state index >= 15 is 0 Å². The van der Waals surface area contributed by atoms with E-state index in [1.54, 1.807) is 30.4 Å². The first-order chi connectivity index (χ1) is 29.9. The zero-order chi connectivity index (χ0) is 46.6. The zero-order valence-electron chi connectivity index (χ0n) is 33.1. The normalized spacial score (nSPS) is 13.4. The quantitative estimate of drug-likeness (QED) is 0.0268. The Morgan fingerprint density at radius 1 is 0.556 bits per heavy atom. The van der Waals surface area contributed by atoms with Crippen molar-refractivity contribution >= 4 is 71.3 Å². The van der Waals surface area contributed by atoms with Crippen LogP contribution in [0.3, 0.4) is 0 Å². The van der Waals surface area contributed by atoms with Gasteiger partial charge in [-0.3, -0.25) is 28.8 Å². The van der Waals surface area contributed by atoms with Crippen LogP contribution in [0.5, 0.6) is 0 Å². The number of nitrogens with zero attached hydrogens (tertiary/aromatic N) is 7. The van der Waals surface area contributed by atoms with Crippen molar-refractivity contribution in [1.82, 2.24) is 36.6 Å². The average molecular weight is 874 g/mol. The van der Waals surface area contributed by atoms with Crippen molar-refractivity contribution in [2.75, 3.05) is 11.4 Å². The molecule has 0 aliphatic rings. The van der Waals surface area contributed by atoms with Gasteiger partial charge in [-0.15, -0.1) is 0 Å². The molecule has 3 aromatic rings. The van der Waals surface area contributed by atoms with E-state index < -0.39 is 96.2 Å². The maximum absolute atomic E-state index is 14.0. The molecule has 0 radical (unpaired) electrons. The highest BCUT2D eigenvalue weighted by Crippen LogP contribution is 2.16. The number of aromatic nitrogens is 2. The van der Waals surface area contributed by atoms with Crippen LogP contribution in [-0.4, -0.2) is 112 Å². The van der Waals surface area contributed by atoms with Gasteiger partial charge in [-0.1, -0.05) is 72.8 Å². The molecule has 0 aliphatic heterocycles. The summed E-state index contributed by atoms with van der Waals surface area (Å²) >= 11 is 0. The number of hydrogen-bond donors (Lipinski definition) is 15. The number of nitrogens with two attached hydrogens (primary N) is 9. The SMILES string of the molecule is NC(=O)C(N=C(N)N)NC(=O)C(N=C(N)N)NC(=O)C(N=C(N)N)NC(=O)C(N=C(N)N)NC(=O)C(NC(=O)C(O)N(CC=Cc1ccccc1)c1ncccn1)c1ccccc1. The predicted octanol–water partition coefficient (Wildman–Crippen LogP) is -7.48. The molecule has 6 atom stereocenters. The third-order valence-electron chi connectivity index (χ3n) is 7.68. The van der Waals surface area contributed by atoms with E-state index in [4.69, 9.17) is 51.6 Å². The number of anilines is 1. The number of hydrogen-bond acceptors (Lipinski definition) is 14.